The van der Waals surface area contributed by atoms with E-state index in [4.69, 9.17) is 10.8 Å². The van der Waals surface area contributed by atoms with Crippen molar-refractivity contribution in [3.05, 3.63) is 17.8 Å². The van der Waals surface area contributed by atoms with Crippen molar-refractivity contribution in [1.29, 1.82) is 0 Å². The van der Waals surface area contributed by atoms with E-state index in [9.17, 15) is 4.79 Å². The highest BCUT2D eigenvalue weighted by Crippen LogP contribution is 2.19. The van der Waals surface area contributed by atoms with Gasteiger partial charge in [0.05, 0.1) is 17.4 Å². The summed E-state index contributed by atoms with van der Waals surface area (Å²) in [5.41, 5.74) is 5.88. The second kappa shape index (κ2) is 6.56. The molecule has 0 bridgehead atoms. The number of nitrogens with one attached hydrogen (secondary N) is 1. The van der Waals surface area contributed by atoms with Crippen LogP contribution in [0.4, 0.5) is 11.5 Å². The van der Waals surface area contributed by atoms with Crippen LogP contribution in [0.15, 0.2) is 12.3 Å². The first-order valence-electron chi connectivity index (χ1n) is 7.05. The van der Waals surface area contributed by atoms with Crippen LogP contribution in [-0.4, -0.2) is 47.1 Å². The molecule has 0 amide bonds. The van der Waals surface area contributed by atoms with E-state index in [-0.39, 0.29) is 11.3 Å². The molecule has 1 aromatic rings. The molecular weight excluding hydrogens is 256 g/mol. The topological polar surface area (TPSA) is 91.5 Å². The summed E-state index contributed by atoms with van der Waals surface area (Å²) in [5, 5.41) is 12.2. The number of aromatic nitrogens is 1. The summed E-state index contributed by atoms with van der Waals surface area (Å²) in [6, 6.07) is 1.50. The monoisotopic (exact) mass is 278 g/mol. The number of rotatable bonds is 5. The molecular formula is C14H22N4O2. The van der Waals surface area contributed by atoms with Gasteiger partial charge >= 0.3 is 5.97 Å². The lowest BCUT2D eigenvalue weighted by Crippen LogP contribution is -2.35. The second-order valence-electron chi connectivity index (χ2n) is 5.22. The van der Waals surface area contributed by atoms with Crippen LogP contribution in [0.25, 0.3) is 0 Å². The number of hydrogen-bond donors (Lipinski definition) is 3. The van der Waals surface area contributed by atoms with E-state index in [1.165, 1.54) is 25.1 Å². The molecule has 2 heterocycles. The number of piperidine rings is 1. The Hall–Kier alpha value is -1.82. The average Bonchev–Trinajstić information content (AvgIpc) is 2.46. The van der Waals surface area contributed by atoms with Crippen LogP contribution in [-0.2, 0) is 0 Å². The largest absolute Gasteiger partial charge is 0.478 e. The van der Waals surface area contributed by atoms with Gasteiger partial charge in [-0.15, -0.1) is 0 Å². The van der Waals surface area contributed by atoms with Crippen molar-refractivity contribution in [2.45, 2.75) is 19.8 Å². The van der Waals surface area contributed by atoms with E-state index in [0.717, 1.165) is 26.2 Å². The first kappa shape index (κ1) is 14.6. The zero-order valence-electron chi connectivity index (χ0n) is 11.8. The highest BCUT2D eigenvalue weighted by Gasteiger charge is 2.18. The Bertz CT molecular complexity index is 470. The number of carboxylic acids is 1. The van der Waals surface area contributed by atoms with Crippen LogP contribution < -0.4 is 11.1 Å². The molecule has 1 saturated heterocycles. The van der Waals surface area contributed by atoms with Crippen LogP contribution in [0.1, 0.15) is 30.1 Å². The molecule has 20 heavy (non-hydrogen) atoms. The zero-order chi connectivity index (χ0) is 14.5. The van der Waals surface area contributed by atoms with Gasteiger partial charge in [0.1, 0.15) is 5.82 Å². The van der Waals surface area contributed by atoms with E-state index < -0.39 is 5.97 Å². The van der Waals surface area contributed by atoms with Crippen molar-refractivity contribution in [3.8, 4) is 0 Å². The van der Waals surface area contributed by atoms with Gasteiger partial charge in [-0.05, 0) is 44.5 Å². The average molecular weight is 278 g/mol. The maximum atomic E-state index is 11.0. The quantitative estimate of drug-likeness (QED) is 0.756. The van der Waals surface area contributed by atoms with E-state index in [2.05, 4.69) is 22.1 Å². The van der Waals surface area contributed by atoms with Gasteiger partial charge < -0.3 is 21.1 Å². The SMILES string of the molecule is CCN1CCC(CNc2cc(C(=O)O)c(N)cn2)CC1. The highest BCUT2D eigenvalue weighted by atomic mass is 16.4. The summed E-state index contributed by atoms with van der Waals surface area (Å²) in [7, 11) is 0. The third-order valence-corrected chi connectivity index (χ3v) is 3.89. The molecule has 1 aliphatic heterocycles. The van der Waals surface area contributed by atoms with Gasteiger partial charge in [-0.2, -0.15) is 0 Å². The van der Waals surface area contributed by atoms with Crippen LogP contribution in [0, 0.1) is 5.92 Å². The summed E-state index contributed by atoms with van der Waals surface area (Å²) < 4.78 is 0. The number of hydrogen-bond acceptors (Lipinski definition) is 5. The van der Waals surface area contributed by atoms with Gasteiger partial charge in [0.25, 0.3) is 0 Å². The van der Waals surface area contributed by atoms with Crippen LogP contribution >= 0.6 is 0 Å². The third-order valence-electron chi connectivity index (χ3n) is 3.89. The smallest absolute Gasteiger partial charge is 0.337 e. The Morgan fingerprint density at radius 1 is 1.55 bits per heavy atom. The third kappa shape index (κ3) is 3.60. The maximum absolute atomic E-state index is 11.0. The first-order chi connectivity index (χ1) is 9.60. The number of aromatic carboxylic acids is 1. The normalized spacial score (nSPS) is 17.1. The predicted molar refractivity (Wildman–Crippen MR) is 78.9 cm³/mol. The van der Waals surface area contributed by atoms with E-state index in [1.54, 1.807) is 0 Å². The minimum absolute atomic E-state index is 0.100. The molecule has 0 aromatic carbocycles. The van der Waals surface area contributed by atoms with E-state index in [1.807, 2.05) is 0 Å². The molecule has 6 heteroatoms. The molecule has 0 spiro atoms. The van der Waals surface area contributed by atoms with Gasteiger partial charge in [-0.1, -0.05) is 6.92 Å². The molecule has 110 valence electrons. The fourth-order valence-electron chi connectivity index (χ4n) is 2.50. The summed E-state index contributed by atoms with van der Waals surface area (Å²) >= 11 is 0. The minimum Gasteiger partial charge on any atom is -0.478 e. The van der Waals surface area contributed by atoms with Crippen molar-refractivity contribution in [3.63, 3.8) is 0 Å². The summed E-state index contributed by atoms with van der Waals surface area (Å²) in [5.74, 6) is 0.171. The molecule has 0 radical (unpaired) electrons. The summed E-state index contributed by atoms with van der Waals surface area (Å²) in [4.78, 5) is 17.6. The molecule has 0 aliphatic carbocycles. The zero-order valence-corrected chi connectivity index (χ0v) is 11.8. The van der Waals surface area contributed by atoms with Crippen molar-refractivity contribution in [2.24, 2.45) is 5.92 Å². The van der Waals surface area contributed by atoms with Gasteiger partial charge in [-0.3, -0.25) is 0 Å². The number of nitrogens with zero attached hydrogens (tertiary/aromatic N) is 2. The van der Waals surface area contributed by atoms with E-state index in [0.29, 0.717) is 11.7 Å². The van der Waals surface area contributed by atoms with Crippen LogP contribution in [0.5, 0.6) is 0 Å². The van der Waals surface area contributed by atoms with Crippen LogP contribution in [0.2, 0.25) is 0 Å². The number of carbonyl (C=O) groups is 1. The number of nitrogen functional groups attached to an aromatic ring is 1. The molecule has 2 rings (SSSR count). The maximum Gasteiger partial charge on any atom is 0.337 e. The summed E-state index contributed by atoms with van der Waals surface area (Å²) in [6.07, 6.45) is 3.73. The number of likely N-dealkylation sites (tertiary alicyclic amines) is 1. The number of pyridine rings is 1. The Labute approximate surface area is 119 Å². The Morgan fingerprint density at radius 2 is 2.25 bits per heavy atom. The van der Waals surface area contributed by atoms with Crippen molar-refractivity contribution in [2.75, 3.05) is 37.2 Å². The van der Waals surface area contributed by atoms with Crippen LogP contribution in [0.3, 0.4) is 0 Å². The number of nitrogens with two attached hydrogens (primary N) is 1. The molecule has 4 N–H and O–H groups in total. The first-order valence-corrected chi connectivity index (χ1v) is 7.05. The second-order valence-corrected chi connectivity index (χ2v) is 5.22. The fourth-order valence-corrected chi connectivity index (χ4v) is 2.50. The van der Waals surface area contributed by atoms with Crippen molar-refractivity contribution in [1.82, 2.24) is 9.88 Å². The van der Waals surface area contributed by atoms with Crippen molar-refractivity contribution < 1.29 is 9.90 Å². The minimum atomic E-state index is -1.02. The molecule has 1 aromatic heterocycles. The molecule has 1 fully saturated rings. The lowest BCUT2D eigenvalue weighted by atomic mass is 9.97. The highest BCUT2D eigenvalue weighted by molar-refractivity contribution is 5.94. The molecule has 0 atom stereocenters. The Kier molecular flexibility index (Phi) is 4.79. The predicted octanol–water partition coefficient (Wildman–Crippen LogP) is 1.51. The lowest BCUT2D eigenvalue weighted by Gasteiger charge is -2.31. The Balaban J connectivity index is 1.88. The van der Waals surface area contributed by atoms with Gasteiger partial charge in [-0.25, -0.2) is 9.78 Å². The molecule has 0 unspecified atom stereocenters. The van der Waals surface area contributed by atoms with Gasteiger partial charge in [0, 0.05) is 6.54 Å². The van der Waals surface area contributed by atoms with Crippen molar-refractivity contribution >= 4 is 17.5 Å². The van der Waals surface area contributed by atoms with E-state index >= 15 is 0 Å². The standard InChI is InChI=1S/C14H22N4O2/c1-2-18-5-3-10(4-6-18)8-16-13-7-11(14(19)20)12(15)9-17-13/h7,9-10H,2-6,8,15H2,1H3,(H,16,17)(H,19,20). The number of anilines is 2. The molecule has 6 nitrogen and oxygen atoms in total. The molecule has 1 aliphatic rings. The fraction of sp³-hybridized carbons (Fsp3) is 0.571. The van der Waals surface area contributed by atoms with Gasteiger partial charge in [0.15, 0.2) is 0 Å². The summed E-state index contributed by atoms with van der Waals surface area (Å²) in [6.45, 7) is 6.40. The van der Waals surface area contributed by atoms with Gasteiger partial charge in [0.2, 0.25) is 0 Å². The number of carboxylic acid groups (broad SMARTS) is 1. The lowest BCUT2D eigenvalue weighted by molar-refractivity contribution is 0.0698. The molecule has 0 saturated carbocycles. The Morgan fingerprint density at radius 3 is 2.85 bits per heavy atom.